The molecule has 1 aromatic carbocycles. The zero-order valence-electron chi connectivity index (χ0n) is 11.0. The van der Waals surface area contributed by atoms with Crippen LogP contribution in [0, 0.1) is 0 Å². The van der Waals surface area contributed by atoms with E-state index in [1.807, 2.05) is 11.7 Å². The Bertz CT molecular complexity index is 557. The van der Waals surface area contributed by atoms with E-state index in [-0.39, 0.29) is 0 Å². The Morgan fingerprint density at radius 3 is 3.00 bits per heavy atom. The molecule has 2 aromatic rings. The van der Waals surface area contributed by atoms with Crippen molar-refractivity contribution in [3.8, 4) is 0 Å². The van der Waals surface area contributed by atoms with E-state index in [1.165, 1.54) is 23.2 Å². The molecule has 1 aliphatic carbocycles. The molecule has 1 aromatic heterocycles. The summed E-state index contributed by atoms with van der Waals surface area (Å²) in [6.45, 7) is 3.15. The molecule has 1 aliphatic rings. The van der Waals surface area contributed by atoms with Crippen LogP contribution in [0.3, 0.4) is 0 Å². The van der Waals surface area contributed by atoms with Gasteiger partial charge in [-0.1, -0.05) is 31.2 Å². The molecule has 0 spiro atoms. The predicted molar refractivity (Wildman–Crippen MR) is 74.0 cm³/mol. The fourth-order valence-electron chi connectivity index (χ4n) is 2.72. The van der Waals surface area contributed by atoms with Crippen molar-refractivity contribution in [2.24, 2.45) is 7.05 Å². The van der Waals surface area contributed by atoms with Crippen LogP contribution in [0.25, 0.3) is 0 Å². The van der Waals surface area contributed by atoms with Crippen LogP contribution in [0.1, 0.15) is 29.7 Å². The normalized spacial score (nSPS) is 17.1. The smallest absolute Gasteiger partial charge is 0.0853 e. The molecule has 3 rings (SSSR count). The first-order chi connectivity index (χ1) is 8.78. The molecule has 1 N–H and O–H groups in total. The number of nitrogens with one attached hydrogen (secondary N) is 1. The standard InChI is InChI=1S/C15H19N3/c1-3-14-15(10-18(2)17-14)16-9-12-8-11-6-4-5-7-13(11)12/h4-7,10,12,16H,3,8-9H2,1-2H3. The van der Waals surface area contributed by atoms with Gasteiger partial charge in [-0.05, 0) is 24.0 Å². The third kappa shape index (κ3) is 1.90. The molecule has 3 nitrogen and oxygen atoms in total. The van der Waals surface area contributed by atoms with Crippen molar-refractivity contribution in [1.29, 1.82) is 0 Å². The molecular weight excluding hydrogens is 222 g/mol. The monoisotopic (exact) mass is 241 g/mol. The molecule has 0 fully saturated rings. The molecule has 0 saturated carbocycles. The highest BCUT2D eigenvalue weighted by atomic mass is 15.3. The van der Waals surface area contributed by atoms with E-state index in [1.54, 1.807) is 0 Å². The van der Waals surface area contributed by atoms with Crippen molar-refractivity contribution in [3.63, 3.8) is 0 Å². The Labute approximate surface area is 108 Å². The van der Waals surface area contributed by atoms with Gasteiger partial charge < -0.3 is 5.32 Å². The van der Waals surface area contributed by atoms with E-state index in [0.29, 0.717) is 5.92 Å². The molecule has 0 radical (unpaired) electrons. The van der Waals surface area contributed by atoms with Crippen molar-refractivity contribution < 1.29 is 0 Å². The Kier molecular flexibility index (Phi) is 2.82. The quantitative estimate of drug-likeness (QED) is 0.892. The van der Waals surface area contributed by atoms with E-state index >= 15 is 0 Å². The van der Waals surface area contributed by atoms with E-state index in [2.05, 4.69) is 47.8 Å². The van der Waals surface area contributed by atoms with Crippen LogP contribution in [0.4, 0.5) is 5.69 Å². The van der Waals surface area contributed by atoms with Gasteiger partial charge >= 0.3 is 0 Å². The van der Waals surface area contributed by atoms with Crippen molar-refractivity contribution in [2.45, 2.75) is 25.7 Å². The SMILES string of the molecule is CCc1nn(C)cc1NCC1Cc2ccccc21. The van der Waals surface area contributed by atoms with Crippen LogP contribution in [-0.2, 0) is 19.9 Å². The minimum absolute atomic E-state index is 0.658. The largest absolute Gasteiger partial charge is 0.382 e. The maximum absolute atomic E-state index is 4.45. The molecule has 1 heterocycles. The fraction of sp³-hybridized carbons (Fsp3) is 0.400. The zero-order chi connectivity index (χ0) is 12.5. The van der Waals surface area contributed by atoms with Gasteiger partial charge in [-0.25, -0.2) is 0 Å². The lowest BCUT2D eigenvalue weighted by atomic mass is 9.77. The molecule has 0 bridgehead atoms. The Morgan fingerprint density at radius 1 is 1.39 bits per heavy atom. The van der Waals surface area contributed by atoms with E-state index in [0.717, 1.165) is 18.7 Å². The lowest BCUT2D eigenvalue weighted by Gasteiger charge is -2.30. The van der Waals surface area contributed by atoms with Gasteiger partial charge in [-0.3, -0.25) is 4.68 Å². The van der Waals surface area contributed by atoms with Crippen LogP contribution >= 0.6 is 0 Å². The van der Waals surface area contributed by atoms with Gasteiger partial charge in [-0.15, -0.1) is 0 Å². The fourth-order valence-corrected chi connectivity index (χ4v) is 2.72. The summed E-state index contributed by atoms with van der Waals surface area (Å²) in [7, 11) is 1.98. The van der Waals surface area contributed by atoms with Gasteiger partial charge in [0.1, 0.15) is 0 Å². The summed E-state index contributed by atoms with van der Waals surface area (Å²) in [5, 5.41) is 7.99. The molecule has 0 aliphatic heterocycles. The molecule has 3 heteroatoms. The highest BCUT2D eigenvalue weighted by Gasteiger charge is 2.25. The summed E-state index contributed by atoms with van der Waals surface area (Å²) in [6, 6.07) is 8.73. The molecule has 94 valence electrons. The molecule has 1 atom stereocenters. The molecular formula is C15H19N3. The van der Waals surface area contributed by atoms with Crippen LogP contribution in [-0.4, -0.2) is 16.3 Å². The summed E-state index contributed by atoms with van der Waals surface area (Å²) in [4.78, 5) is 0. The number of hydrogen-bond acceptors (Lipinski definition) is 2. The van der Waals surface area contributed by atoms with Crippen molar-refractivity contribution in [2.75, 3.05) is 11.9 Å². The lowest BCUT2D eigenvalue weighted by molar-refractivity contribution is 0.635. The third-order valence-electron chi connectivity index (χ3n) is 3.74. The van der Waals surface area contributed by atoms with E-state index in [9.17, 15) is 0 Å². The minimum Gasteiger partial charge on any atom is -0.382 e. The number of aryl methyl sites for hydroxylation is 2. The van der Waals surface area contributed by atoms with Crippen molar-refractivity contribution in [1.82, 2.24) is 9.78 Å². The second-order valence-corrected chi connectivity index (χ2v) is 5.00. The van der Waals surface area contributed by atoms with E-state index < -0.39 is 0 Å². The van der Waals surface area contributed by atoms with Gasteiger partial charge in [0.15, 0.2) is 0 Å². The molecule has 18 heavy (non-hydrogen) atoms. The number of rotatable bonds is 4. The Hall–Kier alpha value is -1.77. The average Bonchev–Trinajstić information content (AvgIpc) is 2.71. The number of aromatic nitrogens is 2. The topological polar surface area (TPSA) is 29.9 Å². The number of fused-ring (bicyclic) bond motifs is 1. The number of hydrogen-bond donors (Lipinski definition) is 1. The maximum Gasteiger partial charge on any atom is 0.0853 e. The van der Waals surface area contributed by atoms with Gasteiger partial charge in [0, 0.05) is 25.7 Å². The van der Waals surface area contributed by atoms with Crippen molar-refractivity contribution in [3.05, 3.63) is 47.3 Å². The van der Waals surface area contributed by atoms with E-state index in [4.69, 9.17) is 0 Å². The minimum atomic E-state index is 0.658. The number of benzene rings is 1. The zero-order valence-corrected chi connectivity index (χ0v) is 11.0. The molecule has 1 unspecified atom stereocenters. The Morgan fingerprint density at radius 2 is 2.22 bits per heavy atom. The lowest BCUT2D eigenvalue weighted by Crippen LogP contribution is -2.24. The summed E-state index contributed by atoms with van der Waals surface area (Å²) in [5.74, 6) is 0.658. The molecule has 0 amide bonds. The number of anilines is 1. The average molecular weight is 241 g/mol. The Balaban J connectivity index is 1.66. The first-order valence-electron chi connectivity index (χ1n) is 6.62. The van der Waals surface area contributed by atoms with Crippen LogP contribution in [0.5, 0.6) is 0 Å². The number of nitrogens with zero attached hydrogens (tertiary/aromatic N) is 2. The summed E-state index contributed by atoms with van der Waals surface area (Å²) >= 11 is 0. The van der Waals surface area contributed by atoms with Crippen LogP contribution in [0.15, 0.2) is 30.5 Å². The van der Waals surface area contributed by atoms with Crippen LogP contribution in [0.2, 0.25) is 0 Å². The van der Waals surface area contributed by atoms with Crippen molar-refractivity contribution >= 4 is 5.69 Å². The van der Waals surface area contributed by atoms with Gasteiger partial charge in [0.05, 0.1) is 11.4 Å². The van der Waals surface area contributed by atoms with Gasteiger partial charge in [0.25, 0.3) is 0 Å². The summed E-state index contributed by atoms with van der Waals surface area (Å²) < 4.78 is 1.88. The second kappa shape index (κ2) is 4.48. The highest BCUT2D eigenvalue weighted by molar-refractivity contribution is 5.48. The predicted octanol–water partition coefficient (Wildman–Crippen LogP) is 2.73. The van der Waals surface area contributed by atoms with Gasteiger partial charge in [0.2, 0.25) is 0 Å². The summed E-state index contributed by atoms with van der Waals surface area (Å²) in [6.07, 6.45) is 4.25. The summed E-state index contributed by atoms with van der Waals surface area (Å²) in [5.41, 5.74) is 5.35. The first kappa shape index (κ1) is 11.3. The molecule has 0 saturated heterocycles. The third-order valence-corrected chi connectivity index (χ3v) is 3.74. The van der Waals surface area contributed by atoms with Crippen LogP contribution < -0.4 is 5.32 Å². The first-order valence-corrected chi connectivity index (χ1v) is 6.62. The maximum atomic E-state index is 4.45. The second-order valence-electron chi connectivity index (χ2n) is 5.00. The highest BCUT2D eigenvalue weighted by Crippen LogP contribution is 2.34. The van der Waals surface area contributed by atoms with Gasteiger partial charge in [-0.2, -0.15) is 5.10 Å².